The van der Waals surface area contributed by atoms with Crippen molar-refractivity contribution in [2.24, 2.45) is 17.1 Å². The number of halogens is 1. The SMILES string of the molecule is Cc1c(N=c2scc(-c3ccccc3Br)n2N=Cc2cccc3ccccc23)c(=O)n(-c2ccccc2)n1C. The lowest BCUT2D eigenvalue weighted by Crippen LogP contribution is -2.19. The maximum Gasteiger partial charge on any atom is 0.297 e. The third-order valence-electron chi connectivity index (χ3n) is 6.70. The lowest BCUT2D eigenvalue weighted by atomic mass is 10.1. The molecule has 6 rings (SSSR count). The monoisotopic (exact) mass is 593 g/mol. The standard InChI is InChI=1S/C31H24BrN5OS/c1-21-29(30(38)37(35(21)2)24-14-4-3-5-15-24)34-31-36(28(20-39-31)26-17-8-9-18-27(26)32)33-19-23-13-10-12-22-11-6-7-16-25(22)23/h3-20H,1-2H3. The topological polar surface area (TPSA) is 56.6 Å². The highest BCUT2D eigenvalue weighted by Gasteiger charge is 2.17. The van der Waals surface area contributed by atoms with Crippen LogP contribution in [-0.4, -0.2) is 20.3 Å². The van der Waals surface area contributed by atoms with Gasteiger partial charge < -0.3 is 0 Å². The normalized spacial score (nSPS) is 12.1. The van der Waals surface area contributed by atoms with E-state index in [2.05, 4.69) is 34.1 Å². The zero-order valence-electron chi connectivity index (χ0n) is 21.3. The summed E-state index contributed by atoms with van der Waals surface area (Å²) >= 11 is 5.13. The summed E-state index contributed by atoms with van der Waals surface area (Å²) in [5.74, 6) is 0. The molecule has 0 bridgehead atoms. The third kappa shape index (κ3) is 4.62. The second kappa shape index (κ2) is 10.5. The van der Waals surface area contributed by atoms with Crippen LogP contribution >= 0.6 is 27.3 Å². The number of aromatic nitrogens is 3. The predicted molar refractivity (Wildman–Crippen MR) is 163 cm³/mol. The van der Waals surface area contributed by atoms with Crippen LogP contribution in [0.5, 0.6) is 0 Å². The molecule has 0 atom stereocenters. The molecule has 0 amide bonds. The van der Waals surface area contributed by atoms with E-state index in [0.717, 1.165) is 43.4 Å². The molecule has 2 aromatic heterocycles. The van der Waals surface area contributed by atoms with Gasteiger partial charge in [0.15, 0.2) is 5.69 Å². The molecule has 0 aliphatic carbocycles. The molecule has 0 saturated carbocycles. The molecule has 0 unspecified atom stereocenters. The summed E-state index contributed by atoms with van der Waals surface area (Å²) in [6, 6.07) is 32.0. The van der Waals surface area contributed by atoms with Crippen molar-refractivity contribution in [1.29, 1.82) is 0 Å². The van der Waals surface area contributed by atoms with E-state index in [1.165, 1.54) is 11.3 Å². The van der Waals surface area contributed by atoms with Crippen LogP contribution in [0.3, 0.4) is 0 Å². The fourth-order valence-electron chi connectivity index (χ4n) is 4.60. The van der Waals surface area contributed by atoms with Crippen LogP contribution < -0.4 is 10.4 Å². The maximum absolute atomic E-state index is 13.6. The van der Waals surface area contributed by atoms with Gasteiger partial charge >= 0.3 is 0 Å². The van der Waals surface area contributed by atoms with E-state index in [4.69, 9.17) is 10.1 Å². The van der Waals surface area contributed by atoms with E-state index in [-0.39, 0.29) is 5.56 Å². The minimum Gasteiger partial charge on any atom is -0.283 e. The number of benzene rings is 4. The van der Waals surface area contributed by atoms with Gasteiger partial charge in [-0.15, -0.1) is 11.3 Å². The van der Waals surface area contributed by atoms with Crippen molar-refractivity contribution < 1.29 is 0 Å². The molecule has 0 fully saturated rings. The van der Waals surface area contributed by atoms with Crippen LogP contribution in [0.4, 0.5) is 5.69 Å². The third-order valence-corrected chi connectivity index (χ3v) is 8.21. The molecule has 4 aromatic carbocycles. The molecule has 0 saturated heterocycles. The van der Waals surface area contributed by atoms with Crippen molar-refractivity contribution >= 4 is 49.9 Å². The van der Waals surface area contributed by atoms with Crippen LogP contribution in [0.1, 0.15) is 11.3 Å². The average molecular weight is 595 g/mol. The molecule has 8 heteroatoms. The number of rotatable bonds is 5. The summed E-state index contributed by atoms with van der Waals surface area (Å²) in [5.41, 5.74) is 4.62. The van der Waals surface area contributed by atoms with E-state index in [9.17, 15) is 4.79 Å². The molecule has 6 nitrogen and oxygen atoms in total. The average Bonchev–Trinajstić information content (AvgIpc) is 3.45. The van der Waals surface area contributed by atoms with Crippen LogP contribution in [0.25, 0.3) is 27.7 Å². The quantitative estimate of drug-likeness (QED) is 0.198. The molecule has 39 heavy (non-hydrogen) atoms. The van der Waals surface area contributed by atoms with Crippen molar-refractivity contribution in [1.82, 2.24) is 14.0 Å². The zero-order chi connectivity index (χ0) is 26.9. The first-order chi connectivity index (χ1) is 19.0. The van der Waals surface area contributed by atoms with Crippen LogP contribution in [0, 0.1) is 6.92 Å². The van der Waals surface area contributed by atoms with Crippen molar-refractivity contribution in [2.45, 2.75) is 6.92 Å². The number of thiazole rings is 1. The zero-order valence-corrected chi connectivity index (χ0v) is 23.7. The number of nitrogens with zero attached hydrogens (tertiary/aromatic N) is 5. The molecule has 6 aromatic rings. The minimum atomic E-state index is -0.179. The molecule has 0 aliphatic rings. The Kier molecular flexibility index (Phi) is 6.72. The first-order valence-electron chi connectivity index (χ1n) is 12.4. The Morgan fingerprint density at radius 2 is 1.59 bits per heavy atom. The first kappa shape index (κ1) is 25.0. The molecular weight excluding hydrogens is 570 g/mol. The van der Waals surface area contributed by atoms with Gasteiger partial charge in [-0.1, -0.05) is 94.8 Å². The molecule has 0 N–H and O–H groups in total. The van der Waals surface area contributed by atoms with Crippen LogP contribution in [-0.2, 0) is 7.05 Å². The highest BCUT2D eigenvalue weighted by atomic mass is 79.9. The smallest absolute Gasteiger partial charge is 0.283 e. The second-order valence-electron chi connectivity index (χ2n) is 9.03. The molecular formula is C31H24BrN5OS. The summed E-state index contributed by atoms with van der Waals surface area (Å²) in [5, 5.41) is 9.20. The van der Waals surface area contributed by atoms with Crippen molar-refractivity contribution in [3.05, 3.63) is 133 Å². The van der Waals surface area contributed by atoms with E-state index in [0.29, 0.717) is 10.5 Å². The molecule has 192 valence electrons. The Bertz CT molecular complexity index is 1970. The summed E-state index contributed by atoms with van der Waals surface area (Å²) in [6.07, 6.45) is 1.86. The Morgan fingerprint density at radius 3 is 2.41 bits per heavy atom. The number of hydrogen-bond acceptors (Lipinski definition) is 4. The fraction of sp³-hybridized carbons (Fsp3) is 0.0645. The molecule has 0 aliphatic heterocycles. The van der Waals surface area contributed by atoms with Crippen molar-refractivity contribution in [2.75, 3.05) is 0 Å². The van der Waals surface area contributed by atoms with Gasteiger partial charge in [0.05, 0.1) is 23.3 Å². The highest BCUT2D eigenvalue weighted by molar-refractivity contribution is 9.10. The molecule has 0 radical (unpaired) electrons. The van der Waals surface area contributed by atoms with Gasteiger partial charge in [-0.2, -0.15) is 5.10 Å². The van der Waals surface area contributed by atoms with Gasteiger partial charge in [0.2, 0.25) is 4.80 Å². The van der Waals surface area contributed by atoms with E-state index in [1.807, 2.05) is 114 Å². The van der Waals surface area contributed by atoms with Crippen LogP contribution in [0.2, 0.25) is 0 Å². The van der Waals surface area contributed by atoms with E-state index < -0.39 is 0 Å². The largest absolute Gasteiger partial charge is 0.297 e. The molecule has 0 spiro atoms. The summed E-state index contributed by atoms with van der Waals surface area (Å²) in [7, 11) is 1.87. The Hall–Kier alpha value is -4.27. The summed E-state index contributed by atoms with van der Waals surface area (Å²) in [6.45, 7) is 1.91. The predicted octanol–water partition coefficient (Wildman–Crippen LogP) is 7.04. The van der Waals surface area contributed by atoms with Gasteiger partial charge in [-0.25, -0.2) is 14.4 Å². The van der Waals surface area contributed by atoms with Gasteiger partial charge in [0, 0.05) is 28.0 Å². The lowest BCUT2D eigenvalue weighted by molar-refractivity contribution is 0.630. The highest BCUT2D eigenvalue weighted by Crippen LogP contribution is 2.29. The van der Waals surface area contributed by atoms with Gasteiger partial charge in [-0.3, -0.25) is 9.48 Å². The maximum atomic E-state index is 13.6. The van der Waals surface area contributed by atoms with Gasteiger partial charge in [-0.05, 0) is 35.9 Å². The Labute approximate surface area is 237 Å². The summed E-state index contributed by atoms with van der Waals surface area (Å²) < 4.78 is 6.24. The van der Waals surface area contributed by atoms with Crippen molar-refractivity contribution in [3.8, 4) is 16.9 Å². The lowest BCUT2D eigenvalue weighted by Gasteiger charge is -2.07. The number of hydrogen-bond donors (Lipinski definition) is 0. The van der Waals surface area contributed by atoms with Crippen LogP contribution in [0.15, 0.2) is 122 Å². The van der Waals surface area contributed by atoms with Gasteiger partial charge in [0.25, 0.3) is 5.56 Å². The fourth-order valence-corrected chi connectivity index (χ4v) is 5.93. The second-order valence-corrected chi connectivity index (χ2v) is 10.7. The summed E-state index contributed by atoms with van der Waals surface area (Å²) in [4.78, 5) is 19.1. The Balaban J connectivity index is 1.56. The first-order valence-corrected chi connectivity index (χ1v) is 14.1. The van der Waals surface area contributed by atoms with Gasteiger partial charge in [0.1, 0.15) is 0 Å². The van der Waals surface area contributed by atoms with Crippen molar-refractivity contribution in [3.63, 3.8) is 0 Å². The minimum absolute atomic E-state index is 0.179. The van der Waals surface area contributed by atoms with E-state index in [1.54, 1.807) is 4.68 Å². The number of fused-ring (bicyclic) bond motifs is 1. The van der Waals surface area contributed by atoms with E-state index >= 15 is 0 Å². The molecule has 2 heterocycles. The Morgan fingerprint density at radius 1 is 0.872 bits per heavy atom. The number of para-hydroxylation sites is 1.